The molecule has 3 heterocycles. The molecule has 0 N–H and O–H groups in total. The number of carbonyl (C=O) groups is 1. The van der Waals surface area contributed by atoms with E-state index in [0.29, 0.717) is 12.2 Å². The topological polar surface area (TPSA) is 56.0 Å². The molecule has 0 aliphatic heterocycles. The Morgan fingerprint density at radius 1 is 1.21 bits per heavy atom. The summed E-state index contributed by atoms with van der Waals surface area (Å²) in [6.07, 6.45) is -3.00. The van der Waals surface area contributed by atoms with Gasteiger partial charge in [0.25, 0.3) is 5.91 Å². The smallest absolute Gasteiger partial charge is 0.335 e. The van der Waals surface area contributed by atoms with E-state index in [1.807, 2.05) is 0 Å². The van der Waals surface area contributed by atoms with Crippen LogP contribution in [0.2, 0.25) is 0 Å². The largest absolute Gasteiger partial charge is 0.435 e. The van der Waals surface area contributed by atoms with Crippen LogP contribution >= 0.6 is 11.3 Å². The molecule has 0 unspecified atom stereocenters. The molecule has 0 atom stereocenters. The number of nitrogens with zero attached hydrogens (tertiary/aromatic N) is 5. The Hall–Kier alpha value is -3.14. The number of thiophene rings is 1. The van der Waals surface area contributed by atoms with Gasteiger partial charge >= 0.3 is 6.18 Å². The third-order valence-corrected chi connectivity index (χ3v) is 5.61. The van der Waals surface area contributed by atoms with Gasteiger partial charge in [0.05, 0.1) is 22.8 Å². The number of benzene rings is 1. The van der Waals surface area contributed by atoms with Gasteiger partial charge in [0.1, 0.15) is 4.83 Å². The highest BCUT2D eigenvalue weighted by molar-refractivity contribution is 7.20. The second-order valence-electron chi connectivity index (χ2n) is 6.53. The molecule has 0 aliphatic carbocycles. The number of fused-ring (bicyclic) bond motifs is 1. The maximum absolute atomic E-state index is 13.5. The molecule has 4 aromatic rings. The van der Waals surface area contributed by atoms with Gasteiger partial charge in [-0.25, -0.2) is 4.68 Å². The van der Waals surface area contributed by atoms with Gasteiger partial charge in [-0.15, -0.1) is 11.3 Å². The molecule has 4 rings (SSSR count). The zero-order valence-electron chi connectivity index (χ0n) is 15.5. The van der Waals surface area contributed by atoms with Crippen LogP contribution in [0.4, 0.5) is 13.2 Å². The first-order valence-corrected chi connectivity index (χ1v) is 9.45. The Morgan fingerprint density at radius 2 is 1.93 bits per heavy atom. The summed E-state index contributed by atoms with van der Waals surface area (Å²) in [6, 6.07) is 11.6. The predicted molar refractivity (Wildman–Crippen MR) is 103 cm³/mol. The summed E-state index contributed by atoms with van der Waals surface area (Å²) in [5, 5.41) is 7.75. The Balaban J connectivity index is 1.76. The van der Waals surface area contributed by atoms with Crippen LogP contribution in [0.5, 0.6) is 0 Å². The molecule has 1 aromatic carbocycles. The van der Waals surface area contributed by atoms with Gasteiger partial charge in [-0.1, -0.05) is 18.2 Å². The number of hydrogen-bond acceptors (Lipinski definition) is 4. The SMILES string of the molecule is CN(Cc1ccnn1C)C(=O)c1cc2c(C(F)(F)F)nn(-c3ccccc3)c2s1. The molecule has 1 amide bonds. The van der Waals surface area contributed by atoms with Crippen molar-refractivity contribution in [2.45, 2.75) is 12.7 Å². The Labute approximate surface area is 167 Å². The quantitative estimate of drug-likeness (QED) is 0.500. The highest BCUT2D eigenvalue weighted by atomic mass is 32.1. The van der Waals surface area contributed by atoms with Crippen LogP contribution in [0.25, 0.3) is 15.9 Å². The van der Waals surface area contributed by atoms with E-state index in [2.05, 4.69) is 10.2 Å². The lowest BCUT2D eigenvalue weighted by Gasteiger charge is -2.16. The first kappa shape index (κ1) is 19.2. The fourth-order valence-corrected chi connectivity index (χ4v) is 4.15. The fraction of sp³-hybridized carbons (Fsp3) is 0.211. The van der Waals surface area contributed by atoms with E-state index in [0.717, 1.165) is 17.0 Å². The summed E-state index contributed by atoms with van der Waals surface area (Å²) >= 11 is 0.996. The maximum Gasteiger partial charge on any atom is 0.435 e. The first-order chi connectivity index (χ1) is 13.8. The average molecular weight is 419 g/mol. The standard InChI is InChI=1S/C19H16F3N5OS/c1-25(11-13-8-9-23-26(13)2)17(28)15-10-14-16(19(20,21)22)24-27(18(14)29-15)12-6-4-3-5-7-12/h3-10H,11H2,1-2H3. The van der Waals surface area contributed by atoms with Crippen LogP contribution in [0.1, 0.15) is 21.1 Å². The lowest BCUT2D eigenvalue weighted by molar-refractivity contribution is -0.140. The number of hydrogen-bond donors (Lipinski definition) is 0. The minimum atomic E-state index is -4.62. The Bertz CT molecular complexity index is 1180. The number of aromatic nitrogens is 4. The van der Waals surface area contributed by atoms with E-state index in [4.69, 9.17) is 0 Å². The van der Waals surface area contributed by atoms with E-state index in [-0.39, 0.29) is 21.0 Å². The Kier molecular flexibility index (Phi) is 4.65. The van der Waals surface area contributed by atoms with Crippen molar-refractivity contribution in [1.82, 2.24) is 24.5 Å². The van der Waals surface area contributed by atoms with Crippen LogP contribution < -0.4 is 0 Å². The normalized spacial score (nSPS) is 11.9. The number of amides is 1. The van der Waals surface area contributed by atoms with Crippen molar-refractivity contribution in [3.63, 3.8) is 0 Å². The van der Waals surface area contributed by atoms with Crippen molar-refractivity contribution in [3.8, 4) is 5.69 Å². The molecule has 3 aromatic heterocycles. The monoisotopic (exact) mass is 419 g/mol. The molecule has 29 heavy (non-hydrogen) atoms. The molecular formula is C19H16F3N5OS. The summed E-state index contributed by atoms with van der Waals surface area (Å²) in [4.78, 5) is 14.8. The number of aryl methyl sites for hydroxylation is 1. The molecule has 0 aliphatic rings. The minimum absolute atomic E-state index is 0.0800. The van der Waals surface area contributed by atoms with Gasteiger partial charge in [0, 0.05) is 25.7 Å². The van der Waals surface area contributed by atoms with Crippen molar-refractivity contribution in [3.05, 3.63) is 64.9 Å². The molecule has 0 saturated heterocycles. The second-order valence-corrected chi connectivity index (χ2v) is 7.56. The number of rotatable bonds is 4. The van der Waals surface area contributed by atoms with Crippen LogP contribution in [-0.2, 0) is 19.8 Å². The van der Waals surface area contributed by atoms with Crippen molar-refractivity contribution in [2.75, 3.05) is 7.05 Å². The molecule has 150 valence electrons. The molecule has 6 nitrogen and oxygen atoms in total. The maximum atomic E-state index is 13.5. The van der Waals surface area contributed by atoms with Gasteiger partial charge in [0.2, 0.25) is 0 Å². The van der Waals surface area contributed by atoms with Crippen molar-refractivity contribution >= 4 is 27.5 Å². The molecule has 0 bridgehead atoms. The number of halogens is 3. The van der Waals surface area contributed by atoms with Crippen LogP contribution in [0, 0.1) is 0 Å². The highest BCUT2D eigenvalue weighted by Crippen LogP contribution is 2.39. The van der Waals surface area contributed by atoms with E-state index >= 15 is 0 Å². The summed E-state index contributed by atoms with van der Waals surface area (Å²) < 4.78 is 43.5. The summed E-state index contributed by atoms with van der Waals surface area (Å²) in [7, 11) is 3.37. The lowest BCUT2D eigenvalue weighted by atomic mass is 10.2. The third kappa shape index (κ3) is 3.51. The molecule has 0 spiro atoms. The van der Waals surface area contributed by atoms with Crippen molar-refractivity contribution in [1.29, 1.82) is 0 Å². The molecule has 10 heteroatoms. The highest BCUT2D eigenvalue weighted by Gasteiger charge is 2.38. The number of para-hydroxylation sites is 1. The van der Waals surface area contributed by atoms with Crippen molar-refractivity contribution < 1.29 is 18.0 Å². The van der Waals surface area contributed by atoms with Crippen molar-refractivity contribution in [2.24, 2.45) is 7.05 Å². The van der Waals surface area contributed by atoms with Gasteiger partial charge < -0.3 is 4.90 Å². The van der Waals surface area contributed by atoms with Crippen LogP contribution in [0.3, 0.4) is 0 Å². The summed E-state index contributed by atoms with van der Waals surface area (Å²) in [5.41, 5.74) is 0.312. The number of alkyl halides is 3. The van der Waals surface area contributed by atoms with E-state index < -0.39 is 11.9 Å². The Morgan fingerprint density at radius 3 is 2.55 bits per heavy atom. The lowest BCUT2D eigenvalue weighted by Crippen LogP contribution is -2.26. The fourth-order valence-electron chi connectivity index (χ4n) is 3.03. The molecule has 0 radical (unpaired) electrons. The van der Waals surface area contributed by atoms with Crippen LogP contribution in [-0.4, -0.2) is 37.4 Å². The van der Waals surface area contributed by atoms with E-state index in [9.17, 15) is 18.0 Å². The third-order valence-electron chi connectivity index (χ3n) is 4.51. The molecular weight excluding hydrogens is 403 g/mol. The minimum Gasteiger partial charge on any atom is -0.335 e. The average Bonchev–Trinajstić information content (AvgIpc) is 3.36. The van der Waals surface area contributed by atoms with Gasteiger partial charge in [-0.2, -0.15) is 23.4 Å². The summed E-state index contributed by atoms with van der Waals surface area (Å²) in [6.45, 7) is 0.292. The summed E-state index contributed by atoms with van der Waals surface area (Å²) in [5.74, 6) is -0.361. The van der Waals surface area contributed by atoms with Crippen LogP contribution in [0.15, 0.2) is 48.7 Å². The molecule has 0 saturated carbocycles. The van der Waals surface area contributed by atoms with E-state index in [1.54, 1.807) is 61.4 Å². The number of carbonyl (C=O) groups excluding carboxylic acids is 1. The van der Waals surface area contributed by atoms with Gasteiger partial charge in [0.15, 0.2) is 5.69 Å². The van der Waals surface area contributed by atoms with E-state index in [1.165, 1.54) is 15.6 Å². The van der Waals surface area contributed by atoms with Gasteiger partial charge in [-0.3, -0.25) is 9.48 Å². The zero-order chi connectivity index (χ0) is 20.8. The van der Waals surface area contributed by atoms with Gasteiger partial charge in [-0.05, 0) is 24.3 Å². The first-order valence-electron chi connectivity index (χ1n) is 8.63. The zero-order valence-corrected chi connectivity index (χ0v) is 16.3. The molecule has 0 fully saturated rings. The predicted octanol–water partition coefficient (Wildman–Crippen LogP) is 4.11. The second kappa shape index (κ2) is 7.03.